The van der Waals surface area contributed by atoms with Gasteiger partial charge in [0.25, 0.3) is 0 Å². The largest absolute Gasteiger partial charge is 0.459 e. The summed E-state index contributed by atoms with van der Waals surface area (Å²) in [6.07, 6.45) is -6.70. The average Bonchev–Trinajstić information content (AvgIpc) is 3.38. The lowest BCUT2D eigenvalue weighted by Gasteiger charge is -2.51. The molecule has 1 aromatic carbocycles. The van der Waals surface area contributed by atoms with Crippen molar-refractivity contribution < 1.29 is 73.1 Å². The number of aliphatic hydroxyl groups excluding tert-OH is 4. The molecule has 20 atom stereocenters. The number of esters is 1. The van der Waals surface area contributed by atoms with Crippen LogP contribution in [0.5, 0.6) is 0 Å². The third-order valence-electron chi connectivity index (χ3n) is 16.7. The minimum Gasteiger partial charge on any atom is -0.459 e. The van der Waals surface area contributed by atoms with Gasteiger partial charge in [0.2, 0.25) is 5.91 Å². The second-order valence-corrected chi connectivity index (χ2v) is 22.8. The summed E-state index contributed by atoms with van der Waals surface area (Å²) in [5.41, 5.74) is -1.98. The van der Waals surface area contributed by atoms with Gasteiger partial charge in [-0.05, 0) is 104 Å². The van der Waals surface area contributed by atoms with Crippen molar-refractivity contribution >= 4 is 18.1 Å². The topological polar surface area (TPSA) is 255 Å². The van der Waals surface area contributed by atoms with Crippen LogP contribution in [0, 0.1) is 23.7 Å². The summed E-state index contributed by atoms with van der Waals surface area (Å²) < 4.78 is 46.5. The fourth-order valence-corrected chi connectivity index (χ4v) is 12.0. The van der Waals surface area contributed by atoms with E-state index in [9.17, 15) is 44.6 Å². The van der Waals surface area contributed by atoms with Crippen LogP contribution < -0.4 is 5.32 Å². The highest BCUT2D eigenvalue weighted by Crippen LogP contribution is 2.45. The van der Waals surface area contributed by atoms with Gasteiger partial charge in [0.1, 0.15) is 49.9 Å². The Morgan fingerprint density at radius 3 is 2.25 bits per heavy atom. The van der Waals surface area contributed by atoms with Crippen LogP contribution in [0.15, 0.2) is 47.8 Å². The summed E-state index contributed by atoms with van der Waals surface area (Å²) in [6, 6.07) is 8.07. The van der Waals surface area contributed by atoms with Gasteiger partial charge in [0.05, 0.1) is 59.5 Å². The second-order valence-electron chi connectivity index (χ2n) is 22.8. The van der Waals surface area contributed by atoms with E-state index in [1.807, 2.05) is 43.7 Å². The molecule has 0 aliphatic carbocycles. The Kier molecular flexibility index (Phi) is 22.3. The van der Waals surface area contributed by atoms with E-state index in [1.54, 1.807) is 85.1 Å². The van der Waals surface area contributed by atoms with E-state index in [1.165, 1.54) is 27.4 Å². The molecular formula is C56H90FN5O14. The van der Waals surface area contributed by atoms with E-state index < -0.39 is 132 Å². The number of ether oxygens (including phenoxy) is 5. The highest BCUT2D eigenvalue weighted by atomic mass is 19.1. The van der Waals surface area contributed by atoms with Gasteiger partial charge in [-0.25, -0.2) is 4.39 Å². The number of hydrogen-bond acceptors (Lipinski definition) is 18. The Hall–Kier alpha value is -3.77. The molecule has 0 saturated carbocycles. The zero-order valence-corrected chi connectivity index (χ0v) is 47.2. The molecule has 3 aliphatic rings. The number of cyclic esters (lactones) is 1. The third-order valence-corrected chi connectivity index (χ3v) is 16.7. The number of aromatic nitrogens is 1. The first-order valence-electron chi connectivity index (χ1n) is 26.9. The van der Waals surface area contributed by atoms with E-state index >= 15 is 0 Å². The Morgan fingerprint density at radius 2 is 1.66 bits per heavy atom. The number of oxime groups is 1. The highest BCUT2D eigenvalue weighted by molar-refractivity contribution is 5.78. The number of rotatable bonds is 16. The summed E-state index contributed by atoms with van der Waals surface area (Å²) in [4.78, 5) is 40.8. The first-order chi connectivity index (χ1) is 35.6. The first-order valence-corrected chi connectivity index (χ1v) is 26.9. The van der Waals surface area contributed by atoms with Gasteiger partial charge in [-0.1, -0.05) is 63.2 Å². The summed E-state index contributed by atoms with van der Waals surface area (Å²) in [6.45, 7) is 17.0. The van der Waals surface area contributed by atoms with E-state index in [0.29, 0.717) is 24.2 Å². The number of carbonyl (C=O) groups is 2. The number of carbonyl (C=O) groups excluding carboxylic acids is 2. The zero-order chi connectivity index (χ0) is 56.6. The number of amides is 1. The van der Waals surface area contributed by atoms with E-state index in [2.05, 4.69) is 15.5 Å². The normalized spacial score (nSPS) is 38.4. The Bertz CT molecular complexity index is 2180. The minimum absolute atomic E-state index is 0.101. The molecule has 0 spiro atoms. The summed E-state index contributed by atoms with van der Waals surface area (Å²) in [5, 5.41) is 77.6. The van der Waals surface area contributed by atoms with Gasteiger partial charge in [-0.2, -0.15) is 0 Å². The van der Waals surface area contributed by atoms with Crippen LogP contribution in [0.3, 0.4) is 0 Å². The molecule has 5 rings (SSSR count). The molecule has 3 aliphatic heterocycles. The lowest BCUT2D eigenvalue weighted by Crippen LogP contribution is -2.62. The van der Waals surface area contributed by atoms with Crippen molar-refractivity contribution in [3.8, 4) is 11.1 Å². The number of benzene rings is 1. The number of alkyl halides is 1. The van der Waals surface area contributed by atoms with Gasteiger partial charge < -0.3 is 74.3 Å². The Balaban J connectivity index is 1.38. The van der Waals surface area contributed by atoms with E-state index in [0.717, 1.165) is 11.1 Å². The van der Waals surface area contributed by atoms with E-state index in [-0.39, 0.29) is 38.1 Å². The number of hydrogen-bond donors (Lipinski definition) is 7. The SMILES string of the molecule is CC[C@H]1OC(=O)[C@H](C)C([C@H]2C[C@@](C)(OC)[C@@H](O)[C@H](C)O2)[C@H](C)[C@@H](O[C@@H]2O[C@H](C)C[C@H](N(C)CCC(=O)N[C@H](CF)[C@H](O)c3ccc(-c4ccc(/C=N/OC)nc4)cc3)[C@H]2O)[C@](C)(O)C[C@@H](C)CN(C)[C@H](C)[C@@H](O)[C@]1(C)O. The van der Waals surface area contributed by atoms with Crippen molar-refractivity contribution in [2.75, 3.05) is 48.1 Å². The van der Waals surface area contributed by atoms with Gasteiger partial charge in [0, 0.05) is 62.8 Å². The fraction of sp³-hybridized carbons (Fsp3) is 0.750. The Labute approximate surface area is 449 Å². The van der Waals surface area contributed by atoms with Crippen molar-refractivity contribution in [2.45, 2.75) is 197 Å². The Morgan fingerprint density at radius 1 is 1.00 bits per heavy atom. The number of aliphatic hydroxyl groups is 6. The summed E-state index contributed by atoms with van der Waals surface area (Å²) >= 11 is 0. The number of likely N-dealkylation sites (N-methyl/N-ethyl adjacent to an activating group) is 2. The van der Waals surface area contributed by atoms with Gasteiger partial charge in [-0.15, -0.1) is 0 Å². The highest BCUT2D eigenvalue weighted by Gasteiger charge is 2.55. The second kappa shape index (κ2) is 26.9. The van der Waals surface area contributed by atoms with E-state index in [4.69, 9.17) is 28.5 Å². The van der Waals surface area contributed by atoms with Crippen LogP contribution in [0.2, 0.25) is 0 Å². The molecule has 19 nitrogen and oxygen atoms in total. The summed E-state index contributed by atoms with van der Waals surface area (Å²) in [7, 11) is 6.51. The third kappa shape index (κ3) is 14.9. The maximum Gasteiger partial charge on any atom is 0.309 e. The van der Waals surface area contributed by atoms with Crippen molar-refractivity contribution in [1.82, 2.24) is 20.1 Å². The molecule has 7 N–H and O–H groups in total. The standard InChI is InChI=1S/C56H90FN5O14/c1-15-44-56(10,70)49(66)35(6)62(12)30-31(2)25-54(8,69)51(33(4)46(34(5)52(68)75-44)43-26-55(9,71-13)50(67)36(7)74-43)76-53-48(65)42(24-32(3)73-53)61(11)23-22-45(63)60-41(27-57)47(64)38-18-16-37(17-19-38)39-20-21-40(58-28-39)29-59-72-14/h16-21,28-29,31-36,41-44,46-51,53,64-67,69-70H,15,22-27,30H2,1-14H3,(H,60,63)/b59-29+/t31-,32-,33+,34-,35-,36+,41-,42+,43-,44-,46?,47-,48-,49-,50+,51-,53+,54-,55-,56-/m1/s1. The monoisotopic (exact) mass is 1080 g/mol. The van der Waals surface area contributed by atoms with Gasteiger partial charge in [0.15, 0.2) is 6.29 Å². The minimum atomic E-state index is -1.85. The number of methoxy groups -OCH3 is 1. The predicted octanol–water partition coefficient (Wildman–Crippen LogP) is 4.16. The van der Waals surface area contributed by atoms with Crippen LogP contribution in [0.1, 0.15) is 119 Å². The smallest absolute Gasteiger partial charge is 0.309 e. The maximum absolute atomic E-state index is 14.6. The van der Waals surface area contributed by atoms with Crippen molar-refractivity contribution in [3.05, 3.63) is 53.9 Å². The summed E-state index contributed by atoms with van der Waals surface area (Å²) in [5.74, 6) is -3.96. The van der Waals surface area contributed by atoms with Crippen LogP contribution in [0.25, 0.3) is 11.1 Å². The number of pyridine rings is 1. The first kappa shape index (κ1) is 63.1. The number of halogens is 1. The predicted molar refractivity (Wildman–Crippen MR) is 283 cm³/mol. The van der Waals surface area contributed by atoms with Crippen LogP contribution in [0.4, 0.5) is 4.39 Å². The molecular weight excluding hydrogens is 986 g/mol. The fourth-order valence-electron chi connectivity index (χ4n) is 12.0. The lowest BCUT2D eigenvalue weighted by atomic mass is 9.68. The molecule has 3 saturated heterocycles. The molecule has 76 heavy (non-hydrogen) atoms. The molecule has 1 amide bonds. The van der Waals surface area contributed by atoms with Crippen molar-refractivity contribution in [2.24, 2.45) is 28.8 Å². The molecule has 1 aromatic heterocycles. The lowest BCUT2D eigenvalue weighted by molar-refractivity contribution is -0.302. The quantitative estimate of drug-likeness (QED) is 0.0708. The van der Waals surface area contributed by atoms with Crippen molar-refractivity contribution in [1.29, 1.82) is 0 Å². The maximum atomic E-state index is 14.6. The zero-order valence-electron chi connectivity index (χ0n) is 47.2. The number of nitrogens with one attached hydrogen (secondary N) is 1. The molecule has 20 heteroatoms. The van der Waals surface area contributed by atoms with Crippen LogP contribution in [-0.4, -0.2) is 202 Å². The molecule has 0 bridgehead atoms. The van der Waals surface area contributed by atoms with Gasteiger partial charge >= 0.3 is 5.97 Å². The van der Waals surface area contributed by atoms with Crippen LogP contribution >= 0.6 is 0 Å². The number of nitrogens with zero attached hydrogens (tertiary/aromatic N) is 4. The molecule has 1 unspecified atom stereocenters. The van der Waals surface area contributed by atoms with Gasteiger partial charge in [-0.3, -0.25) is 14.6 Å². The van der Waals surface area contributed by atoms with Crippen molar-refractivity contribution in [3.63, 3.8) is 0 Å². The van der Waals surface area contributed by atoms with Crippen LogP contribution in [-0.2, 0) is 38.1 Å². The molecule has 430 valence electrons. The molecule has 0 radical (unpaired) electrons. The molecule has 4 heterocycles. The molecule has 3 fully saturated rings. The average molecular weight is 1080 g/mol. The molecule has 2 aromatic rings.